The molecule has 1 aromatic heterocycles. The molecule has 1 aromatic rings. The maximum absolute atomic E-state index is 4.52. The molecule has 1 N–H and O–H groups in total. The van der Waals surface area contributed by atoms with Gasteiger partial charge in [-0.3, -0.25) is 9.58 Å². The van der Waals surface area contributed by atoms with E-state index < -0.39 is 0 Å². The summed E-state index contributed by atoms with van der Waals surface area (Å²) in [7, 11) is 2.06. The summed E-state index contributed by atoms with van der Waals surface area (Å²) < 4.78 is 2.04. The lowest BCUT2D eigenvalue weighted by Gasteiger charge is -2.32. The van der Waals surface area contributed by atoms with Gasteiger partial charge in [-0.2, -0.15) is 5.10 Å². The molecule has 1 unspecified atom stereocenters. The van der Waals surface area contributed by atoms with Crippen LogP contribution in [0.4, 0.5) is 0 Å². The van der Waals surface area contributed by atoms with Gasteiger partial charge in [-0.1, -0.05) is 13.8 Å². The predicted octanol–water partition coefficient (Wildman–Crippen LogP) is 1.56. The van der Waals surface area contributed by atoms with E-state index in [-0.39, 0.29) is 0 Å². The first-order valence-electron chi connectivity index (χ1n) is 7.20. The SMILES string of the molecule is CCNC1CCCN(Cc2cc(CC)nn2C)C1. The van der Waals surface area contributed by atoms with Crippen molar-refractivity contribution in [3.8, 4) is 0 Å². The van der Waals surface area contributed by atoms with Gasteiger partial charge in [0.05, 0.1) is 11.4 Å². The topological polar surface area (TPSA) is 33.1 Å². The van der Waals surface area contributed by atoms with Crippen LogP contribution in [0.1, 0.15) is 38.1 Å². The van der Waals surface area contributed by atoms with Gasteiger partial charge in [-0.15, -0.1) is 0 Å². The lowest BCUT2D eigenvalue weighted by atomic mass is 10.1. The molecule has 0 amide bonds. The molecule has 0 aromatic carbocycles. The third kappa shape index (κ3) is 3.33. The van der Waals surface area contributed by atoms with Crippen molar-refractivity contribution < 1.29 is 0 Å². The molecule has 18 heavy (non-hydrogen) atoms. The van der Waals surface area contributed by atoms with E-state index in [4.69, 9.17) is 0 Å². The third-order valence-electron chi connectivity index (χ3n) is 3.77. The Kier molecular flexibility index (Phi) is 4.78. The number of rotatable bonds is 5. The molecule has 4 heteroatoms. The molecule has 2 heterocycles. The summed E-state index contributed by atoms with van der Waals surface area (Å²) >= 11 is 0. The zero-order valence-electron chi connectivity index (χ0n) is 11.9. The summed E-state index contributed by atoms with van der Waals surface area (Å²) in [5, 5.41) is 8.09. The van der Waals surface area contributed by atoms with Crippen LogP contribution in [0.3, 0.4) is 0 Å². The van der Waals surface area contributed by atoms with Crippen molar-refractivity contribution in [3.63, 3.8) is 0 Å². The largest absolute Gasteiger partial charge is 0.313 e. The van der Waals surface area contributed by atoms with E-state index in [1.165, 1.54) is 37.3 Å². The highest BCUT2D eigenvalue weighted by atomic mass is 15.3. The van der Waals surface area contributed by atoms with Crippen LogP contribution in [-0.2, 0) is 20.0 Å². The fraction of sp³-hybridized carbons (Fsp3) is 0.786. The Morgan fingerprint density at radius 2 is 2.28 bits per heavy atom. The van der Waals surface area contributed by atoms with Gasteiger partial charge in [0.15, 0.2) is 0 Å². The van der Waals surface area contributed by atoms with Gasteiger partial charge >= 0.3 is 0 Å². The van der Waals surface area contributed by atoms with Gasteiger partial charge in [0.25, 0.3) is 0 Å². The molecule has 2 rings (SSSR count). The van der Waals surface area contributed by atoms with Gasteiger partial charge in [0.1, 0.15) is 0 Å². The number of likely N-dealkylation sites (N-methyl/N-ethyl adjacent to an activating group) is 1. The molecule has 0 radical (unpaired) electrons. The number of hydrogen-bond donors (Lipinski definition) is 1. The summed E-state index contributed by atoms with van der Waals surface area (Å²) in [4.78, 5) is 2.55. The van der Waals surface area contributed by atoms with Crippen LogP contribution in [0.5, 0.6) is 0 Å². The first-order chi connectivity index (χ1) is 8.72. The minimum absolute atomic E-state index is 0.669. The average molecular weight is 250 g/mol. The van der Waals surface area contributed by atoms with Crippen LogP contribution in [0.15, 0.2) is 6.07 Å². The first kappa shape index (κ1) is 13.6. The molecule has 0 spiro atoms. The van der Waals surface area contributed by atoms with Crippen molar-refractivity contribution in [2.24, 2.45) is 7.05 Å². The number of nitrogens with one attached hydrogen (secondary N) is 1. The fourth-order valence-electron chi connectivity index (χ4n) is 2.78. The van der Waals surface area contributed by atoms with Crippen LogP contribution in [0.25, 0.3) is 0 Å². The molecule has 1 atom stereocenters. The second-order valence-corrected chi connectivity index (χ2v) is 5.24. The van der Waals surface area contributed by atoms with Crippen LogP contribution >= 0.6 is 0 Å². The number of nitrogens with zero attached hydrogens (tertiary/aromatic N) is 3. The third-order valence-corrected chi connectivity index (χ3v) is 3.77. The number of likely N-dealkylation sites (tertiary alicyclic amines) is 1. The Morgan fingerprint density at radius 3 is 2.94 bits per heavy atom. The molecule has 0 saturated carbocycles. The Labute approximate surface area is 110 Å². The van der Waals surface area contributed by atoms with Gasteiger partial charge in [-0.05, 0) is 38.4 Å². The van der Waals surface area contributed by atoms with Crippen molar-refractivity contribution in [2.75, 3.05) is 19.6 Å². The van der Waals surface area contributed by atoms with E-state index in [0.29, 0.717) is 6.04 Å². The standard InChI is InChI=1S/C14H26N4/c1-4-12-9-14(17(3)16-12)11-18-8-6-7-13(10-18)15-5-2/h9,13,15H,4-8,10-11H2,1-3H3. The monoisotopic (exact) mass is 250 g/mol. The molecular weight excluding hydrogens is 224 g/mol. The number of piperidine rings is 1. The molecule has 0 aliphatic carbocycles. The van der Waals surface area contributed by atoms with Crippen LogP contribution in [-0.4, -0.2) is 40.4 Å². The molecular formula is C14H26N4. The van der Waals surface area contributed by atoms with E-state index in [1.54, 1.807) is 0 Å². The summed E-state index contributed by atoms with van der Waals surface area (Å²) in [5.74, 6) is 0. The molecule has 4 nitrogen and oxygen atoms in total. The van der Waals surface area contributed by atoms with Gasteiger partial charge in [0, 0.05) is 26.2 Å². The summed E-state index contributed by atoms with van der Waals surface area (Å²) in [6.07, 6.45) is 3.64. The number of hydrogen-bond acceptors (Lipinski definition) is 3. The summed E-state index contributed by atoms with van der Waals surface area (Å²) in [6, 6.07) is 2.92. The van der Waals surface area contributed by atoms with E-state index in [0.717, 1.165) is 19.5 Å². The normalized spacial score (nSPS) is 21.4. The number of aromatic nitrogens is 2. The van der Waals surface area contributed by atoms with Crippen LogP contribution in [0.2, 0.25) is 0 Å². The summed E-state index contributed by atoms with van der Waals surface area (Å²) in [6.45, 7) is 8.84. The molecule has 1 aliphatic rings. The summed E-state index contributed by atoms with van der Waals surface area (Å²) in [5.41, 5.74) is 2.54. The molecule has 102 valence electrons. The maximum Gasteiger partial charge on any atom is 0.0625 e. The van der Waals surface area contributed by atoms with E-state index >= 15 is 0 Å². The highest BCUT2D eigenvalue weighted by Gasteiger charge is 2.20. The highest BCUT2D eigenvalue weighted by molar-refractivity contribution is 5.10. The zero-order chi connectivity index (χ0) is 13.0. The Balaban J connectivity index is 1.93. The van der Waals surface area contributed by atoms with E-state index in [1.807, 2.05) is 4.68 Å². The maximum atomic E-state index is 4.52. The Bertz CT molecular complexity index is 370. The van der Waals surface area contributed by atoms with Crippen molar-refractivity contribution in [1.29, 1.82) is 0 Å². The van der Waals surface area contributed by atoms with Crippen molar-refractivity contribution in [1.82, 2.24) is 20.0 Å². The van der Waals surface area contributed by atoms with E-state index in [9.17, 15) is 0 Å². The Morgan fingerprint density at radius 1 is 1.44 bits per heavy atom. The predicted molar refractivity (Wildman–Crippen MR) is 74.6 cm³/mol. The Hall–Kier alpha value is -0.870. The average Bonchev–Trinajstić information content (AvgIpc) is 2.71. The highest BCUT2D eigenvalue weighted by Crippen LogP contribution is 2.14. The molecule has 0 bridgehead atoms. The lowest BCUT2D eigenvalue weighted by Crippen LogP contribution is -2.45. The number of aryl methyl sites for hydroxylation is 2. The van der Waals surface area contributed by atoms with Crippen molar-refractivity contribution >= 4 is 0 Å². The zero-order valence-corrected chi connectivity index (χ0v) is 11.9. The van der Waals surface area contributed by atoms with Gasteiger partial charge in [-0.25, -0.2) is 0 Å². The second-order valence-electron chi connectivity index (χ2n) is 5.24. The van der Waals surface area contributed by atoms with E-state index in [2.05, 4.69) is 42.3 Å². The minimum Gasteiger partial charge on any atom is -0.313 e. The van der Waals surface area contributed by atoms with Gasteiger partial charge < -0.3 is 5.32 Å². The molecule has 1 aliphatic heterocycles. The minimum atomic E-state index is 0.669. The van der Waals surface area contributed by atoms with Gasteiger partial charge in [0.2, 0.25) is 0 Å². The molecule has 1 saturated heterocycles. The van der Waals surface area contributed by atoms with Crippen molar-refractivity contribution in [3.05, 3.63) is 17.5 Å². The first-order valence-corrected chi connectivity index (χ1v) is 7.20. The second kappa shape index (κ2) is 6.34. The quantitative estimate of drug-likeness (QED) is 0.861. The molecule has 1 fully saturated rings. The van der Waals surface area contributed by atoms with Crippen LogP contribution in [0, 0.1) is 0 Å². The van der Waals surface area contributed by atoms with Crippen molar-refractivity contribution in [2.45, 2.75) is 45.7 Å². The smallest absolute Gasteiger partial charge is 0.0625 e. The van der Waals surface area contributed by atoms with Crippen LogP contribution < -0.4 is 5.32 Å². The fourth-order valence-corrected chi connectivity index (χ4v) is 2.78. The lowest BCUT2D eigenvalue weighted by molar-refractivity contribution is 0.181.